The predicted molar refractivity (Wildman–Crippen MR) is 146 cm³/mol. The number of hydrogen-bond donors (Lipinski definition) is 1. The fourth-order valence-corrected chi connectivity index (χ4v) is 5.56. The second-order valence-electron chi connectivity index (χ2n) is 8.72. The lowest BCUT2D eigenvalue weighted by atomic mass is 10.00. The average Bonchev–Trinajstić information content (AvgIpc) is 2.91. The number of carbonyl (C=O) groups excluding carboxylic acids is 1. The van der Waals surface area contributed by atoms with E-state index < -0.39 is 22.5 Å². The summed E-state index contributed by atoms with van der Waals surface area (Å²) in [4.78, 5) is 13.2. The van der Waals surface area contributed by atoms with Crippen molar-refractivity contribution < 1.29 is 32.2 Å². The van der Waals surface area contributed by atoms with E-state index in [4.69, 9.17) is 18.9 Å². The lowest BCUT2D eigenvalue weighted by Gasteiger charge is -2.27. The summed E-state index contributed by atoms with van der Waals surface area (Å²) in [5.41, 5.74) is 3.18. The zero-order chi connectivity index (χ0) is 28.0. The first-order valence-corrected chi connectivity index (χ1v) is 13.3. The molecular formula is C28H34N2O7S. The second kappa shape index (κ2) is 12.1. The topological polar surface area (TPSA) is 103 Å². The van der Waals surface area contributed by atoms with E-state index in [0.29, 0.717) is 11.5 Å². The minimum Gasteiger partial charge on any atom is -0.497 e. The molecule has 0 fully saturated rings. The van der Waals surface area contributed by atoms with Crippen LogP contribution < -0.4 is 28.6 Å². The summed E-state index contributed by atoms with van der Waals surface area (Å²) in [6.45, 7) is 5.30. The Morgan fingerprint density at radius 3 is 2.13 bits per heavy atom. The fraction of sp³-hybridized carbons (Fsp3) is 0.321. The lowest BCUT2D eigenvalue weighted by Crippen LogP contribution is -2.41. The van der Waals surface area contributed by atoms with Crippen LogP contribution in [-0.4, -0.2) is 49.3 Å². The molecule has 3 aromatic rings. The van der Waals surface area contributed by atoms with E-state index in [0.717, 1.165) is 21.0 Å². The van der Waals surface area contributed by atoms with E-state index in [9.17, 15) is 13.2 Å². The molecule has 0 saturated carbocycles. The third-order valence-corrected chi connectivity index (χ3v) is 7.92. The van der Waals surface area contributed by atoms with Crippen LogP contribution in [0, 0.1) is 13.8 Å². The Kier molecular flexibility index (Phi) is 9.11. The molecule has 1 N–H and O–H groups in total. The van der Waals surface area contributed by atoms with Crippen molar-refractivity contribution in [3.8, 4) is 23.0 Å². The third kappa shape index (κ3) is 6.13. The van der Waals surface area contributed by atoms with E-state index in [2.05, 4.69) is 5.32 Å². The number of hydrogen-bond acceptors (Lipinski definition) is 7. The zero-order valence-electron chi connectivity index (χ0n) is 22.7. The maximum atomic E-state index is 14.0. The molecule has 1 unspecified atom stereocenters. The normalized spacial score (nSPS) is 11.9. The van der Waals surface area contributed by atoms with Crippen LogP contribution in [-0.2, 0) is 14.8 Å². The van der Waals surface area contributed by atoms with Crippen LogP contribution in [0.25, 0.3) is 0 Å². The van der Waals surface area contributed by atoms with Gasteiger partial charge in [-0.1, -0.05) is 23.8 Å². The Morgan fingerprint density at radius 1 is 0.842 bits per heavy atom. The predicted octanol–water partition coefficient (Wildman–Crippen LogP) is 4.41. The first-order valence-electron chi connectivity index (χ1n) is 11.9. The molecule has 0 aromatic heterocycles. The number of aryl methyl sites for hydroxylation is 2. The van der Waals surface area contributed by atoms with Crippen molar-refractivity contribution in [3.05, 3.63) is 71.3 Å². The van der Waals surface area contributed by atoms with E-state index >= 15 is 0 Å². The van der Waals surface area contributed by atoms with E-state index in [1.807, 2.05) is 39.0 Å². The largest absolute Gasteiger partial charge is 0.497 e. The number of nitrogens with one attached hydrogen (secondary N) is 1. The van der Waals surface area contributed by atoms with Gasteiger partial charge in [-0.2, -0.15) is 0 Å². The molecule has 0 aliphatic heterocycles. The maximum Gasteiger partial charge on any atom is 0.265 e. The molecule has 204 valence electrons. The fourth-order valence-electron chi connectivity index (χ4n) is 4.12. The van der Waals surface area contributed by atoms with E-state index in [1.54, 1.807) is 12.1 Å². The van der Waals surface area contributed by atoms with Gasteiger partial charge in [0.05, 0.1) is 45.1 Å². The van der Waals surface area contributed by atoms with Crippen molar-refractivity contribution in [2.45, 2.75) is 31.7 Å². The molecule has 3 aromatic carbocycles. The molecule has 0 radical (unpaired) electrons. The Bertz CT molecular complexity index is 1410. The second-order valence-corrected chi connectivity index (χ2v) is 10.6. The minimum atomic E-state index is -4.28. The molecule has 9 nitrogen and oxygen atoms in total. The first kappa shape index (κ1) is 28.6. The quantitative estimate of drug-likeness (QED) is 0.383. The van der Waals surface area contributed by atoms with E-state index in [1.165, 1.54) is 52.7 Å². The number of methoxy groups -OCH3 is 4. The molecule has 10 heteroatoms. The molecule has 1 atom stereocenters. The van der Waals surface area contributed by atoms with Crippen LogP contribution >= 0.6 is 0 Å². The van der Waals surface area contributed by atoms with E-state index in [-0.39, 0.29) is 28.1 Å². The van der Waals surface area contributed by atoms with Crippen molar-refractivity contribution in [3.63, 3.8) is 0 Å². The highest BCUT2D eigenvalue weighted by Crippen LogP contribution is 2.37. The molecule has 0 aliphatic rings. The average molecular weight is 543 g/mol. The van der Waals surface area contributed by atoms with Gasteiger partial charge >= 0.3 is 0 Å². The van der Waals surface area contributed by atoms with Crippen LogP contribution in [0.4, 0.5) is 5.69 Å². The van der Waals surface area contributed by atoms with Crippen LogP contribution in [0.3, 0.4) is 0 Å². The van der Waals surface area contributed by atoms with Gasteiger partial charge < -0.3 is 24.3 Å². The lowest BCUT2D eigenvalue weighted by molar-refractivity contribution is -0.120. The Hall–Kier alpha value is -3.92. The third-order valence-electron chi connectivity index (χ3n) is 6.16. The molecule has 0 saturated heterocycles. The Labute approximate surface area is 224 Å². The number of nitrogens with zero attached hydrogens (tertiary/aromatic N) is 1. The SMILES string of the molecule is COc1ccc(OC)c(N(CC(=O)NC(C)c2cc(C)ccc2C)S(=O)(=O)c2ccc(OC)c(OC)c2)c1. The van der Waals surface area contributed by atoms with Gasteiger partial charge in [0.2, 0.25) is 5.91 Å². The number of rotatable bonds is 11. The van der Waals surface area contributed by atoms with Gasteiger partial charge in [0.1, 0.15) is 18.0 Å². The van der Waals surface area contributed by atoms with Gasteiger partial charge in [-0.15, -0.1) is 0 Å². The molecule has 0 spiro atoms. The van der Waals surface area contributed by atoms with Gasteiger partial charge in [-0.25, -0.2) is 8.42 Å². The smallest absolute Gasteiger partial charge is 0.265 e. The number of sulfonamides is 1. The van der Waals surface area contributed by atoms with Gasteiger partial charge in [0.15, 0.2) is 11.5 Å². The summed E-state index contributed by atoms with van der Waals surface area (Å²) in [6.07, 6.45) is 0. The number of benzene rings is 3. The zero-order valence-corrected chi connectivity index (χ0v) is 23.5. The Morgan fingerprint density at radius 2 is 1.50 bits per heavy atom. The number of amides is 1. The van der Waals surface area contributed by atoms with Gasteiger partial charge in [-0.05, 0) is 56.2 Å². The summed E-state index contributed by atoms with van der Waals surface area (Å²) in [5, 5.41) is 2.93. The van der Waals surface area contributed by atoms with Crippen molar-refractivity contribution >= 4 is 21.6 Å². The monoisotopic (exact) mass is 542 g/mol. The number of ether oxygens (including phenoxy) is 4. The van der Waals surface area contributed by atoms with Gasteiger partial charge in [-0.3, -0.25) is 9.10 Å². The van der Waals surface area contributed by atoms with Gasteiger partial charge in [0, 0.05) is 12.1 Å². The summed E-state index contributed by atoms with van der Waals surface area (Å²) in [6, 6.07) is 14.6. The number of carbonyl (C=O) groups is 1. The standard InChI is InChI=1S/C28H34N2O7S/c1-18-8-9-19(2)23(14-18)20(3)29-28(31)17-30(24-15-21(34-4)10-12-25(24)35-5)38(32,33)22-11-13-26(36-6)27(16-22)37-7/h8-16,20H,17H2,1-7H3,(H,29,31). The summed E-state index contributed by atoms with van der Waals surface area (Å²) in [7, 11) is 1.49. The molecule has 38 heavy (non-hydrogen) atoms. The highest BCUT2D eigenvalue weighted by molar-refractivity contribution is 7.92. The van der Waals surface area contributed by atoms with Crippen molar-refractivity contribution in [1.82, 2.24) is 5.32 Å². The molecular weight excluding hydrogens is 508 g/mol. The molecule has 1 amide bonds. The highest BCUT2D eigenvalue weighted by atomic mass is 32.2. The molecule has 0 heterocycles. The van der Waals surface area contributed by atoms with Crippen molar-refractivity contribution in [2.24, 2.45) is 0 Å². The van der Waals surface area contributed by atoms with Crippen LogP contribution in [0.2, 0.25) is 0 Å². The van der Waals surface area contributed by atoms with Crippen LogP contribution in [0.15, 0.2) is 59.5 Å². The summed E-state index contributed by atoms with van der Waals surface area (Å²) < 4.78 is 50.4. The number of anilines is 1. The van der Waals surface area contributed by atoms with Crippen molar-refractivity contribution in [2.75, 3.05) is 39.3 Å². The maximum absolute atomic E-state index is 14.0. The summed E-state index contributed by atoms with van der Waals surface area (Å²) in [5.74, 6) is 0.770. The first-order chi connectivity index (χ1) is 18.0. The summed E-state index contributed by atoms with van der Waals surface area (Å²) >= 11 is 0. The molecule has 0 bridgehead atoms. The Balaban J connectivity index is 2.06. The van der Waals surface area contributed by atoms with Crippen molar-refractivity contribution in [1.29, 1.82) is 0 Å². The van der Waals surface area contributed by atoms with Crippen LogP contribution in [0.1, 0.15) is 29.7 Å². The molecule has 0 aliphatic carbocycles. The van der Waals surface area contributed by atoms with Crippen LogP contribution in [0.5, 0.6) is 23.0 Å². The molecule has 3 rings (SSSR count). The minimum absolute atomic E-state index is 0.0876. The highest BCUT2D eigenvalue weighted by Gasteiger charge is 2.31. The van der Waals surface area contributed by atoms with Gasteiger partial charge in [0.25, 0.3) is 10.0 Å².